The van der Waals surface area contributed by atoms with Crippen molar-refractivity contribution in [2.75, 3.05) is 19.0 Å². The molecule has 35 heavy (non-hydrogen) atoms. The second-order valence-electron chi connectivity index (χ2n) is 8.14. The highest BCUT2D eigenvalue weighted by atomic mass is 35.5. The quantitative estimate of drug-likeness (QED) is 0.293. The van der Waals surface area contributed by atoms with E-state index in [0.717, 1.165) is 36.6 Å². The fourth-order valence-corrected chi connectivity index (χ4v) is 3.87. The van der Waals surface area contributed by atoms with Crippen LogP contribution in [0.5, 0.6) is 5.75 Å². The molecule has 0 saturated heterocycles. The number of unbranched alkanes of at least 4 members (excludes halogenated alkanes) is 3. The van der Waals surface area contributed by atoms with Crippen LogP contribution in [0.1, 0.15) is 44.1 Å². The van der Waals surface area contributed by atoms with E-state index in [-0.39, 0.29) is 16.8 Å². The van der Waals surface area contributed by atoms with E-state index >= 15 is 0 Å². The number of nitrogens with one attached hydrogen (secondary N) is 2. The third-order valence-corrected chi connectivity index (χ3v) is 5.80. The zero-order valence-electron chi connectivity index (χ0n) is 19.6. The molecule has 0 bridgehead atoms. The van der Waals surface area contributed by atoms with Gasteiger partial charge >= 0.3 is 0 Å². The first-order valence-electron chi connectivity index (χ1n) is 11.5. The Kier molecular flexibility index (Phi) is 9.60. The molecule has 186 valence electrons. The van der Waals surface area contributed by atoms with Gasteiger partial charge in [-0.25, -0.2) is 14.4 Å². The van der Waals surface area contributed by atoms with Crippen molar-refractivity contribution in [3.05, 3.63) is 53.1 Å². The number of carbonyl (C=O) groups excluding carboxylic acids is 2. The highest BCUT2D eigenvalue weighted by molar-refractivity contribution is 6.31. The summed E-state index contributed by atoms with van der Waals surface area (Å²) in [7, 11) is 1.59. The molecule has 0 radical (unpaired) electrons. The number of rotatable bonds is 13. The molecule has 8 nitrogen and oxygen atoms in total. The average molecular weight is 502 g/mol. The van der Waals surface area contributed by atoms with Crippen LogP contribution >= 0.6 is 11.6 Å². The number of hydrogen-bond acceptors (Lipinski definition) is 6. The molecule has 1 aromatic heterocycles. The lowest BCUT2D eigenvalue weighted by Gasteiger charge is -2.13. The second-order valence-corrected chi connectivity index (χ2v) is 8.55. The van der Waals surface area contributed by atoms with E-state index in [9.17, 15) is 14.0 Å². The van der Waals surface area contributed by atoms with Crippen LogP contribution in [0, 0.1) is 5.82 Å². The number of carbonyl (C=O) groups is 2. The first kappa shape index (κ1) is 26.2. The minimum Gasteiger partial charge on any atom is -0.496 e. The molecule has 0 spiro atoms. The number of aromatic nitrogens is 2. The van der Waals surface area contributed by atoms with Gasteiger partial charge in [-0.3, -0.25) is 9.59 Å². The van der Waals surface area contributed by atoms with Crippen LogP contribution in [0.4, 0.5) is 15.9 Å². The Balaban J connectivity index is 1.61. The third kappa shape index (κ3) is 7.78. The molecule has 2 aromatic carbocycles. The summed E-state index contributed by atoms with van der Waals surface area (Å²) in [5, 5.41) is 6.87. The minimum atomic E-state index is -0.498. The van der Waals surface area contributed by atoms with Gasteiger partial charge in [-0.15, -0.1) is 0 Å². The summed E-state index contributed by atoms with van der Waals surface area (Å²) in [6, 6.07) is 8.09. The number of amides is 2. The number of halogens is 2. The van der Waals surface area contributed by atoms with Gasteiger partial charge in [-0.2, -0.15) is 0 Å². The molecular weight excluding hydrogens is 473 g/mol. The summed E-state index contributed by atoms with van der Waals surface area (Å²) in [4.78, 5) is 31.6. The lowest BCUT2D eigenvalue weighted by atomic mass is 10.1. The topological polar surface area (TPSA) is 119 Å². The standard InChI is InChI=1S/C25H29ClFN5O3/c1-35-22-14-21-18(25(31-15-30-21)32-17-8-9-20(27)19(26)13-17)12-16(22)10-11-29-24(34)7-5-3-2-4-6-23(28)33/h8-9,12-15H,2-7,10-11H2,1H3,(H2,28,33)(H,29,34)(H,30,31,32). The monoisotopic (exact) mass is 501 g/mol. The highest BCUT2D eigenvalue weighted by Crippen LogP contribution is 2.30. The van der Waals surface area contributed by atoms with Gasteiger partial charge in [0.05, 0.1) is 17.6 Å². The van der Waals surface area contributed by atoms with Crippen LogP contribution in [-0.2, 0) is 16.0 Å². The molecule has 0 fully saturated rings. The number of primary amides is 1. The van der Waals surface area contributed by atoms with Crippen molar-refractivity contribution in [3.8, 4) is 5.75 Å². The number of fused-ring (bicyclic) bond motifs is 1. The number of nitrogens with zero attached hydrogens (tertiary/aromatic N) is 2. The molecule has 0 aliphatic rings. The van der Waals surface area contributed by atoms with Crippen LogP contribution in [0.3, 0.4) is 0 Å². The number of nitrogens with two attached hydrogens (primary N) is 1. The van der Waals surface area contributed by atoms with Gasteiger partial charge in [0.1, 0.15) is 23.7 Å². The predicted molar refractivity (Wildman–Crippen MR) is 134 cm³/mol. The fourth-order valence-electron chi connectivity index (χ4n) is 3.69. The van der Waals surface area contributed by atoms with E-state index in [1.807, 2.05) is 12.1 Å². The lowest BCUT2D eigenvalue weighted by molar-refractivity contribution is -0.121. The Morgan fingerprint density at radius 2 is 1.86 bits per heavy atom. The Labute approximate surface area is 208 Å². The van der Waals surface area contributed by atoms with Gasteiger partial charge in [-0.05, 0) is 49.1 Å². The van der Waals surface area contributed by atoms with Crippen molar-refractivity contribution < 1.29 is 18.7 Å². The maximum absolute atomic E-state index is 13.5. The van der Waals surface area contributed by atoms with Gasteiger partial charge in [0.15, 0.2) is 0 Å². The molecule has 1 heterocycles. The molecule has 2 amide bonds. The van der Waals surface area contributed by atoms with Crippen LogP contribution in [-0.4, -0.2) is 35.4 Å². The zero-order chi connectivity index (χ0) is 25.2. The highest BCUT2D eigenvalue weighted by Gasteiger charge is 2.12. The summed E-state index contributed by atoms with van der Waals surface area (Å²) in [5.74, 6) is 0.402. The van der Waals surface area contributed by atoms with Crippen molar-refractivity contribution in [2.24, 2.45) is 5.73 Å². The van der Waals surface area contributed by atoms with E-state index in [2.05, 4.69) is 20.6 Å². The number of methoxy groups -OCH3 is 1. The first-order chi connectivity index (χ1) is 16.9. The average Bonchev–Trinajstić information content (AvgIpc) is 2.83. The molecule has 10 heteroatoms. The molecule has 0 aliphatic heterocycles. The maximum Gasteiger partial charge on any atom is 0.220 e. The number of hydrogen-bond donors (Lipinski definition) is 3. The van der Waals surface area contributed by atoms with E-state index in [0.29, 0.717) is 48.6 Å². The van der Waals surface area contributed by atoms with Crippen molar-refractivity contribution in [1.29, 1.82) is 0 Å². The van der Waals surface area contributed by atoms with Gasteiger partial charge in [0.25, 0.3) is 0 Å². The Hall–Kier alpha value is -3.46. The Morgan fingerprint density at radius 3 is 2.57 bits per heavy atom. The summed E-state index contributed by atoms with van der Waals surface area (Å²) < 4.78 is 19.0. The Bertz CT molecular complexity index is 1190. The largest absolute Gasteiger partial charge is 0.496 e. The molecule has 0 unspecified atom stereocenters. The van der Waals surface area contributed by atoms with Crippen LogP contribution in [0.2, 0.25) is 5.02 Å². The molecular formula is C25H29ClFN5O3. The molecule has 0 atom stereocenters. The summed E-state index contributed by atoms with van der Waals surface area (Å²) in [6.45, 7) is 0.451. The summed E-state index contributed by atoms with van der Waals surface area (Å²) in [5.41, 5.74) is 7.28. The molecule has 3 rings (SSSR count). The van der Waals surface area contributed by atoms with Gasteiger partial charge in [-0.1, -0.05) is 24.4 Å². The predicted octanol–water partition coefficient (Wildman–Crippen LogP) is 4.66. The van der Waals surface area contributed by atoms with Crippen LogP contribution < -0.4 is 21.1 Å². The lowest BCUT2D eigenvalue weighted by Crippen LogP contribution is -2.25. The number of anilines is 2. The van der Waals surface area contributed by atoms with E-state index in [4.69, 9.17) is 22.1 Å². The van der Waals surface area contributed by atoms with Gasteiger partial charge in [0, 0.05) is 36.5 Å². The number of benzene rings is 2. The third-order valence-electron chi connectivity index (χ3n) is 5.51. The van der Waals surface area contributed by atoms with Gasteiger partial charge < -0.3 is 21.1 Å². The van der Waals surface area contributed by atoms with Crippen molar-refractivity contribution in [2.45, 2.75) is 44.9 Å². The van der Waals surface area contributed by atoms with Crippen LogP contribution in [0.25, 0.3) is 10.9 Å². The first-order valence-corrected chi connectivity index (χ1v) is 11.8. The van der Waals surface area contributed by atoms with E-state index in [1.54, 1.807) is 13.2 Å². The SMILES string of the molecule is COc1cc2ncnc(Nc3ccc(F)c(Cl)c3)c2cc1CCNC(=O)CCCCCCC(N)=O. The maximum atomic E-state index is 13.5. The van der Waals surface area contributed by atoms with Gasteiger partial charge in [0.2, 0.25) is 11.8 Å². The molecule has 4 N–H and O–H groups in total. The second kappa shape index (κ2) is 12.9. The van der Waals surface area contributed by atoms with Crippen molar-refractivity contribution in [1.82, 2.24) is 15.3 Å². The minimum absolute atomic E-state index is 0.0112. The smallest absolute Gasteiger partial charge is 0.220 e. The molecule has 0 saturated carbocycles. The van der Waals surface area contributed by atoms with Crippen LogP contribution in [0.15, 0.2) is 36.7 Å². The van der Waals surface area contributed by atoms with Crippen molar-refractivity contribution >= 4 is 45.8 Å². The summed E-state index contributed by atoms with van der Waals surface area (Å²) in [6.07, 6.45) is 6.11. The normalized spacial score (nSPS) is 10.8. The Morgan fingerprint density at radius 1 is 1.09 bits per heavy atom. The van der Waals surface area contributed by atoms with E-state index < -0.39 is 5.82 Å². The number of ether oxygens (including phenoxy) is 1. The van der Waals surface area contributed by atoms with Crippen molar-refractivity contribution in [3.63, 3.8) is 0 Å². The van der Waals surface area contributed by atoms with E-state index in [1.165, 1.54) is 18.5 Å². The molecule has 3 aromatic rings. The fraction of sp³-hybridized carbons (Fsp3) is 0.360. The summed E-state index contributed by atoms with van der Waals surface area (Å²) >= 11 is 5.90. The molecule has 0 aliphatic carbocycles. The zero-order valence-corrected chi connectivity index (χ0v) is 20.3.